The van der Waals surface area contributed by atoms with Gasteiger partial charge in [-0.25, -0.2) is 8.78 Å². The maximum Gasteiger partial charge on any atom is 0.190 e. The Morgan fingerprint density at radius 3 is 2.39 bits per heavy atom. The third kappa shape index (κ3) is 2.78. The quantitative estimate of drug-likeness (QED) is 0.627. The number of hydrogen-bond donors (Lipinski definition) is 2. The molecular weight excluding hydrogens is 238 g/mol. The molecule has 0 spiro atoms. The molecule has 0 heterocycles. The molecule has 1 aliphatic rings. The number of hydrogen-bond acceptors (Lipinski definition) is 2. The highest BCUT2D eigenvalue weighted by Gasteiger charge is 2.18. The number of nitrogen functional groups attached to an aromatic ring is 1. The van der Waals surface area contributed by atoms with Crippen molar-refractivity contribution in [3.05, 3.63) is 29.3 Å². The van der Waals surface area contributed by atoms with Crippen LogP contribution in [0.2, 0.25) is 0 Å². The first-order valence-corrected chi connectivity index (χ1v) is 6.04. The highest BCUT2D eigenvalue weighted by atomic mass is 19.1. The van der Waals surface area contributed by atoms with Gasteiger partial charge in [-0.05, 0) is 24.5 Å². The third-order valence-corrected chi connectivity index (χ3v) is 3.31. The summed E-state index contributed by atoms with van der Waals surface area (Å²) in [4.78, 5) is 0. The van der Waals surface area contributed by atoms with E-state index >= 15 is 0 Å². The summed E-state index contributed by atoms with van der Waals surface area (Å²) in [5.41, 5.74) is 5.20. The van der Waals surface area contributed by atoms with E-state index in [0.29, 0.717) is 12.5 Å². The number of nitrogens with two attached hydrogens (primary N) is 1. The first kappa shape index (κ1) is 12.8. The Morgan fingerprint density at radius 2 is 1.94 bits per heavy atom. The number of amidine groups is 1. The molecule has 5 heteroatoms. The molecule has 0 atom stereocenters. The van der Waals surface area contributed by atoms with Crippen molar-refractivity contribution in [2.75, 3.05) is 6.61 Å². The lowest BCUT2D eigenvalue weighted by Gasteiger charge is -2.25. The molecule has 0 bridgehead atoms. The van der Waals surface area contributed by atoms with Gasteiger partial charge in [-0.2, -0.15) is 0 Å². The van der Waals surface area contributed by atoms with Crippen molar-refractivity contribution in [3.8, 4) is 5.75 Å². The van der Waals surface area contributed by atoms with Gasteiger partial charge in [0.2, 0.25) is 0 Å². The van der Waals surface area contributed by atoms with Crippen LogP contribution in [0.4, 0.5) is 8.78 Å². The summed E-state index contributed by atoms with van der Waals surface area (Å²) in [6, 6.07) is 2.04. The van der Waals surface area contributed by atoms with E-state index in [9.17, 15) is 8.78 Å². The maximum atomic E-state index is 13.6. The molecular formula is C13H16F2N2O. The van der Waals surface area contributed by atoms with Crippen LogP contribution in [-0.4, -0.2) is 12.4 Å². The van der Waals surface area contributed by atoms with E-state index in [1.54, 1.807) is 0 Å². The summed E-state index contributed by atoms with van der Waals surface area (Å²) in [7, 11) is 0. The molecule has 1 aliphatic carbocycles. The molecule has 98 valence electrons. The van der Waals surface area contributed by atoms with Gasteiger partial charge >= 0.3 is 0 Å². The van der Waals surface area contributed by atoms with Crippen molar-refractivity contribution < 1.29 is 13.5 Å². The average molecular weight is 254 g/mol. The van der Waals surface area contributed by atoms with E-state index in [0.717, 1.165) is 18.6 Å². The van der Waals surface area contributed by atoms with Gasteiger partial charge in [0, 0.05) is 5.56 Å². The first-order chi connectivity index (χ1) is 8.58. The van der Waals surface area contributed by atoms with Crippen LogP contribution in [0.5, 0.6) is 5.75 Å². The first-order valence-electron chi connectivity index (χ1n) is 6.04. The number of benzene rings is 1. The zero-order valence-electron chi connectivity index (χ0n) is 10.0. The smallest absolute Gasteiger partial charge is 0.190 e. The number of rotatable bonds is 5. The van der Waals surface area contributed by atoms with E-state index < -0.39 is 11.6 Å². The fraction of sp³-hybridized carbons (Fsp3) is 0.462. The highest BCUT2D eigenvalue weighted by molar-refractivity contribution is 5.95. The molecule has 3 N–H and O–H groups in total. The van der Waals surface area contributed by atoms with E-state index in [2.05, 4.69) is 0 Å². The molecule has 0 amide bonds. The van der Waals surface area contributed by atoms with Gasteiger partial charge in [-0.1, -0.05) is 19.3 Å². The molecule has 1 fully saturated rings. The van der Waals surface area contributed by atoms with Gasteiger partial charge in [-0.3, -0.25) is 5.41 Å². The second kappa shape index (κ2) is 5.33. The Balaban J connectivity index is 2.00. The van der Waals surface area contributed by atoms with E-state index in [1.165, 1.54) is 19.3 Å². The molecule has 1 aromatic rings. The van der Waals surface area contributed by atoms with Crippen LogP contribution in [0.25, 0.3) is 0 Å². The van der Waals surface area contributed by atoms with Crippen molar-refractivity contribution in [3.63, 3.8) is 0 Å². The van der Waals surface area contributed by atoms with Crippen molar-refractivity contribution in [1.82, 2.24) is 0 Å². The second-order valence-electron chi connectivity index (χ2n) is 4.62. The van der Waals surface area contributed by atoms with Gasteiger partial charge in [0.1, 0.15) is 5.84 Å². The standard InChI is InChI=1S/C13H16F2N2O/c14-10-6-9(13(16)17)7-11(15)12(10)18-5-4-8-2-1-3-8/h6-8H,1-5H2,(H3,16,17). The van der Waals surface area contributed by atoms with Crippen LogP contribution in [-0.2, 0) is 0 Å². The SMILES string of the molecule is N=C(N)c1cc(F)c(OCCC2CCC2)c(F)c1. The Bertz CT molecular complexity index is 435. The summed E-state index contributed by atoms with van der Waals surface area (Å²) in [5.74, 6) is -1.73. The fourth-order valence-electron chi connectivity index (χ4n) is 1.96. The number of halogens is 2. The Hall–Kier alpha value is -1.65. The minimum atomic E-state index is -0.811. The molecule has 0 unspecified atom stereocenters. The summed E-state index contributed by atoms with van der Waals surface area (Å²) >= 11 is 0. The van der Waals surface area contributed by atoms with E-state index in [1.807, 2.05) is 0 Å². The van der Waals surface area contributed by atoms with Crippen molar-refractivity contribution in [2.45, 2.75) is 25.7 Å². The Kier molecular flexibility index (Phi) is 3.79. The lowest BCUT2D eigenvalue weighted by Crippen LogP contribution is -2.16. The molecule has 1 aromatic carbocycles. The van der Waals surface area contributed by atoms with Crippen LogP contribution < -0.4 is 10.5 Å². The minimum absolute atomic E-state index is 0.0244. The highest BCUT2D eigenvalue weighted by Crippen LogP contribution is 2.30. The lowest BCUT2D eigenvalue weighted by atomic mass is 9.83. The molecule has 0 aromatic heterocycles. The van der Waals surface area contributed by atoms with Gasteiger partial charge in [0.05, 0.1) is 6.61 Å². The number of ether oxygens (including phenoxy) is 1. The summed E-state index contributed by atoms with van der Waals surface area (Å²) in [6.07, 6.45) is 4.42. The van der Waals surface area contributed by atoms with Crippen LogP contribution in [0, 0.1) is 23.0 Å². The minimum Gasteiger partial charge on any atom is -0.488 e. The second-order valence-corrected chi connectivity index (χ2v) is 4.62. The third-order valence-electron chi connectivity index (χ3n) is 3.31. The molecule has 0 aliphatic heterocycles. The monoisotopic (exact) mass is 254 g/mol. The van der Waals surface area contributed by atoms with Crippen LogP contribution >= 0.6 is 0 Å². The van der Waals surface area contributed by atoms with Gasteiger partial charge in [-0.15, -0.1) is 0 Å². The predicted molar refractivity (Wildman–Crippen MR) is 64.8 cm³/mol. The van der Waals surface area contributed by atoms with Crippen molar-refractivity contribution in [1.29, 1.82) is 5.41 Å². The summed E-state index contributed by atoms with van der Waals surface area (Å²) in [5, 5.41) is 7.13. The normalized spacial score (nSPS) is 15.2. The van der Waals surface area contributed by atoms with Crippen molar-refractivity contribution in [2.24, 2.45) is 11.7 Å². The summed E-state index contributed by atoms with van der Waals surface area (Å²) < 4.78 is 32.3. The summed E-state index contributed by atoms with van der Waals surface area (Å²) in [6.45, 7) is 0.317. The van der Waals surface area contributed by atoms with Crippen LogP contribution in [0.1, 0.15) is 31.2 Å². The Morgan fingerprint density at radius 1 is 1.33 bits per heavy atom. The zero-order chi connectivity index (χ0) is 13.1. The number of nitrogens with one attached hydrogen (secondary N) is 1. The average Bonchev–Trinajstić information content (AvgIpc) is 2.24. The zero-order valence-corrected chi connectivity index (χ0v) is 10.0. The predicted octanol–water partition coefficient (Wildman–Crippen LogP) is 2.82. The molecule has 0 radical (unpaired) electrons. The molecule has 0 saturated heterocycles. The van der Waals surface area contributed by atoms with Crippen molar-refractivity contribution >= 4 is 5.84 Å². The fourth-order valence-corrected chi connectivity index (χ4v) is 1.96. The molecule has 3 nitrogen and oxygen atoms in total. The molecule has 18 heavy (non-hydrogen) atoms. The maximum absolute atomic E-state index is 13.6. The van der Waals surface area contributed by atoms with E-state index in [4.69, 9.17) is 15.9 Å². The molecule has 2 rings (SSSR count). The van der Waals surface area contributed by atoms with Gasteiger partial charge < -0.3 is 10.5 Å². The molecule has 1 saturated carbocycles. The van der Waals surface area contributed by atoms with Gasteiger partial charge in [0.25, 0.3) is 0 Å². The lowest BCUT2D eigenvalue weighted by molar-refractivity contribution is 0.211. The Labute approximate surface area is 104 Å². The topological polar surface area (TPSA) is 59.1 Å². The van der Waals surface area contributed by atoms with Crippen LogP contribution in [0.15, 0.2) is 12.1 Å². The van der Waals surface area contributed by atoms with E-state index in [-0.39, 0.29) is 17.1 Å². The van der Waals surface area contributed by atoms with Gasteiger partial charge in [0.15, 0.2) is 17.4 Å². The largest absolute Gasteiger partial charge is 0.488 e. The van der Waals surface area contributed by atoms with Crippen LogP contribution in [0.3, 0.4) is 0 Å².